The number of rotatable bonds is 1. The predicted octanol–water partition coefficient (Wildman–Crippen LogP) is 4.00. The highest BCUT2D eigenvalue weighted by Gasteiger charge is 2.32. The molecule has 80 valence electrons. The maximum Gasteiger partial charge on any atom is 0.425 e. The Kier molecular flexibility index (Phi) is 4.83. The van der Waals surface area contributed by atoms with Gasteiger partial charge in [0.05, 0.1) is 4.88 Å². The first-order valence-electron chi connectivity index (χ1n) is 4.09. The lowest BCUT2D eigenvalue weighted by Gasteiger charge is -2.00. The molecule has 0 aliphatic carbocycles. The van der Waals surface area contributed by atoms with E-state index in [0.29, 0.717) is 11.3 Å². The molecule has 0 spiro atoms. The zero-order valence-corrected chi connectivity index (χ0v) is 8.92. The van der Waals surface area contributed by atoms with E-state index in [0.717, 1.165) is 6.07 Å². The summed E-state index contributed by atoms with van der Waals surface area (Å²) in [5, 5.41) is 0. The average molecular weight is 224 g/mol. The van der Waals surface area contributed by atoms with Gasteiger partial charge in [0.25, 0.3) is 0 Å². The highest BCUT2D eigenvalue weighted by molar-refractivity contribution is 7.14. The summed E-state index contributed by atoms with van der Waals surface area (Å²) in [6.45, 7) is 5.24. The molecule has 1 aromatic heterocycles. The van der Waals surface area contributed by atoms with Crippen LogP contribution in [-0.4, -0.2) is 5.78 Å². The van der Waals surface area contributed by atoms with E-state index in [1.165, 1.54) is 13.0 Å². The van der Waals surface area contributed by atoms with Crippen LogP contribution in [0.15, 0.2) is 12.1 Å². The Morgan fingerprint density at radius 3 is 2.00 bits per heavy atom. The predicted molar refractivity (Wildman–Crippen MR) is 50.7 cm³/mol. The molecule has 0 aliphatic heterocycles. The Labute approximate surface area is 84.6 Å². The molecule has 0 amide bonds. The van der Waals surface area contributed by atoms with Crippen LogP contribution in [0.25, 0.3) is 0 Å². The third kappa shape index (κ3) is 3.49. The van der Waals surface area contributed by atoms with Crippen molar-refractivity contribution in [2.24, 2.45) is 0 Å². The molecule has 0 aromatic carbocycles. The Morgan fingerprint density at radius 2 is 1.79 bits per heavy atom. The van der Waals surface area contributed by atoms with Crippen LogP contribution in [0.3, 0.4) is 0 Å². The molecule has 14 heavy (non-hydrogen) atoms. The number of halogens is 3. The fourth-order valence-corrected chi connectivity index (χ4v) is 1.45. The maximum atomic E-state index is 12.0. The summed E-state index contributed by atoms with van der Waals surface area (Å²) in [5.41, 5.74) is 0. The summed E-state index contributed by atoms with van der Waals surface area (Å²) in [5.74, 6) is -0.338. The van der Waals surface area contributed by atoms with Gasteiger partial charge >= 0.3 is 6.18 Å². The number of hydrogen-bond acceptors (Lipinski definition) is 2. The first-order valence-corrected chi connectivity index (χ1v) is 4.91. The topological polar surface area (TPSA) is 17.1 Å². The Balaban J connectivity index is 0.000000791. The number of Topliss-reactive ketones (excluding diaryl/α,β-unsaturated/α-hetero) is 1. The van der Waals surface area contributed by atoms with Gasteiger partial charge < -0.3 is 0 Å². The van der Waals surface area contributed by atoms with E-state index in [2.05, 4.69) is 0 Å². The zero-order chi connectivity index (χ0) is 11.4. The first kappa shape index (κ1) is 13.2. The molecule has 0 radical (unpaired) electrons. The molecular weight excluding hydrogens is 213 g/mol. The molecule has 1 nitrogen and oxygen atoms in total. The average Bonchev–Trinajstić information content (AvgIpc) is 2.54. The van der Waals surface area contributed by atoms with Crippen LogP contribution in [0.1, 0.15) is 35.3 Å². The van der Waals surface area contributed by atoms with Gasteiger partial charge in [-0.15, -0.1) is 11.3 Å². The number of carbonyl (C=O) groups is 1. The molecule has 0 atom stereocenters. The molecule has 0 bridgehead atoms. The van der Waals surface area contributed by atoms with Crippen molar-refractivity contribution in [1.82, 2.24) is 0 Å². The molecule has 0 N–H and O–H groups in total. The van der Waals surface area contributed by atoms with E-state index in [9.17, 15) is 18.0 Å². The fourth-order valence-electron chi connectivity index (χ4n) is 0.679. The monoisotopic (exact) mass is 224 g/mol. The number of ketones is 1. The summed E-state index contributed by atoms with van der Waals surface area (Å²) in [7, 11) is 0. The number of alkyl halides is 3. The summed E-state index contributed by atoms with van der Waals surface area (Å²) in [4.78, 5) is 10.0. The lowest BCUT2D eigenvalue weighted by molar-refractivity contribution is -0.134. The van der Waals surface area contributed by atoms with Crippen LogP contribution in [0, 0.1) is 0 Å². The molecule has 0 saturated heterocycles. The normalized spacial score (nSPS) is 10.4. The van der Waals surface area contributed by atoms with Gasteiger partial charge in [-0.05, 0) is 19.1 Å². The van der Waals surface area contributed by atoms with Crippen molar-refractivity contribution in [2.45, 2.75) is 26.9 Å². The molecule has 0 saturated carbocycles. The van der Waals surface area contributed by atoms with Crippen LogP contribution < -0.4 is 0 Å². The lowest BCUT2D eigenvalue weighted by atomic mass is 10.3. The maximum absolute atomic E-state index is 12.0. The van der Waals surface area contributed by atoms with Crippen LogP contribution >= 0.6 is 11.3 Å². The molecule has 0 unspecified atom stereocenters. The molecule has 0 fully saturated rings. The van der Waals surface area contributed by atoms with Gasteiger partial charge in [0.15, 0.2) is 5.78 Å². The van der Waals surface area contributed by atoms with Gasteiger partial charge in [0, 0.05) is 0 Å². The Hall–Kier alpha value is -0.840. The van der Waals surface area contributed by atoms with Crippen molar-refractivity contribution >= 4 is 17.1 Å². The minimum atomic E-state index is -4.33. The third-order valence-electron chi connectivity index (χ3n) is 1.23. The molecular formula is C9H11F3OS. The standard InChI is InChI=1S/C7H5F3OS.C2H6/c1-4(11)5-2-3-6(12-5)7(8,9)10;1-2/h2-3H,1H3;1-2H3. The van der Waals surface area contributed by atoms with E-state index < -0.39 is 11.1 Å². The van der Waals surface area contributed by atoms with E-state index in [-0.39, 0.29) is 10.7 Å². The quantitative estimate of drug-likeness (QED) is 0.659. The van der Waals surface area contributed by atoms with Crippen LogP contribution in [0.5, 0.6) is 0 Å². The summed E-state index contributed by atoms with van der Waals surface area (Å²) in [6, 6.07) is 2.11. The van der Waals surface area contributed by atoms with E-state index in [1.807, 2.05) is 13.8 Å². The number of hydrogen-bond donors (Lipinski definition) is 0. The minimum absolute atomic E-state index is 0.141. The number of carbonyl (C=O) groups excluding carboxylic acids is 1. The van der Waals surface area contributed by atoms with Gasteiger partial charge in [-0.2, -0.15) is 13.2 Å². The van der Waals surface area contributed by atoms with Gasteiger partial charge in [-0.3, -0.25) is 4.79 Å². The van der Waals surface area contributed by atoms with E-state index in [1.54, 1.807) is 0 Å². The van der Waals surface area contributed by atoms with Crippen molar-refractivity contribution in [3.05, 3.63) is 21.9 Å². The van der Waals surface area contributed by atoms with Crippen molar-refractivity contribution in [1.29, 1.82) is 0 Å². The van der Waals surface area contributed by atoms with E-state index >= 15 is 0 Å². The fraction of sp³-hybridized carbons (Fsp3) is 0.444. The largest absolute Gasteiger partial charge is 0.425 e. The van der Waals surface area contributed by atoms with Crippen molar-refractivity contribution in [2.75, 3.05) is 0 Å². The minimum Gasteiger partial charge on any atom is -0.294 e. The van der Waals surface area contributed by atoms with Crippen LogP contribution in [0.2, 0.25) is 0 Å². The van der Waals surface area contributed by atoms with Gasteiger partial charge in [-0.25, -0.2) is 0 Å². The van der Waals surface area contributed by atoms with Crippen LogP contribution in [0.4, 0.5) is 13.2 Å². The summed E-state index contributed by atoms with van der Waals surface area (Å²) in [6.07, 6.45) is -4.33. The second-order valence-corrected chi connectivity index (χ2v) is 3.30. The molecule has 5 heteroatoms. The van der Waals surface area contributed by atoms with Crippen molar-refractivity contribution < 1.29 is 18.0 Å². The first-order chi connectivity index (χ1) is 6.41. The van der Waals surface area contributed by atoms with E-state index in [4.69, 9.17) is 0 Å². The summed E-state index contributed by atoms with van der Waals surface area (Å²) >= 11 is 0.473. The van der Waals surface area contributed by atoms with Crippen LogP contribution in [-0.2, 0) is 6.18 Å². The molecule has 1 rings (SSSR count). The SMILES string of the molecule is CC.CC(=O)c1ccc(C(F)(F)F)s1. The van der Waals surface area contributed by atoms with Gasteiger partial charge in [0.2, 0.25) is 0 Å². The van der Waals surface area contributed by atoms with Crippen molar-refractivity contribution in [3.63, 3.8) is 0 Å². The third-order valence-corrected chi connectivity index (χ3v) is 2.46. The molecule has 1 aromatic rings. The zero-order valence-electron chi connectivity index (χ0n) is 8.11. The molecule has 1 heterocycles. The second kappa shape index (κ2) is 5.14. The Bertz CT molecular complexity index is 301. The lowest BCUT2D eigenvalue weighted by Crippen LogP contribution is -2.00. The number of thiophene rings is 1. The van der Waals surface area contributed by atoms with Gasteiger partial charge in [0.1, 0.15) is 4.88 Å². The van der Waals surface area contributed by atoms with Crippen molar-refractivity contribution in [3.8, 4) is 0 Å². The second-order valence-electron chi connectivity index (χ2n) is 2.22. The highest BCUT2D eigenvalue weighted by atomic mass is 32.1. The van der Waals surface area contributed by atoms with Gasteiger partial charge in [-0.1, -0.05) is 13.8 Å². The molecule has 0 aliphatic rings. The Morgan fingerprint density at radius 1 is 1.29 bits per heavy atom. The highest BCUT2D eigenvalue weighted by Crippen LogP contribution is 2.34. The smallest absolute Gasteiger partial charge is 0.294 e. The summed E-state index contributed by atoms with van der Waals surface area (Å²) < 4.78 is 35.9.